The molecule has 1 aromatic carbocycles. The summed E-state index contributed by atoms with van der Waals surface area (Å²) in [6.07, 6.45) is 2.38. The lowest BCUT2D eigenvalue weighted by atomic mass is 10.2. The van der Waals surface area contributed by atoms with Crippen LogP contribution in [0.5, 0.6) is 5.75 Å². The minimum absolute atomic E-state index is 0.247. The van der Waals surface area contributed by atoms with Crippen molar-refractivity contribution in [2.24, 2.45) is 0 Å². The number of halogens is 1. The van der Waals surface area contributed by atoms with E-state index in [0.717, 1.165) is 21.5 Å². The highest BCUT2D eigenvalue weighted by molar-refractivity contribution is 9.10. The summed E-state index contributed by atoms with van der Waals surface area (Å²) in [5.74, 6) is 2.28. The first-order valence-corrected chi connectivity index (χ1v) is 7.03. The molecule has 98 valence electrons. The fourth-order valence-electron chi connectivity index (χ4n) is 2.00. The maximum absolute atomic E-state index is 9.34. The summed E-state index contributed by atoms with van der Waals surface area (Å²) in [5.41, 5.74) is 1.98. The standard InChI is InChI=1S/C14H14BrN3O/c1-16-14-11(15)12(8-2-3-8)17-13(18-14)9-4-6-10(19)7-5-9/h4-8,19H,2-3H2,1H3,(H,16,17,18). The lowest BCUT2D eigenvalue weighted by molar-refractivity contribution is 0.475. The summed E-state index contributed by atoms with van der Waals surface area (Å²) in [4.78, 5) is 9.17. The molecule has 0 bridgehead atoms. The zero-order valence-electron chi connectivity index (χ0n) is 10.5. The van der Waals surface area contributed by atoms with Crippen LogP contribution in [0.2, 0.25) is 0 Å². The molecule has 1 aliphatic rings. The van der Waals surface area contributed by atoms with Crippen LogP contribution in [0.1, 0.15) is 24.5 Å². The molecule has 0 saturated heterocycles. The van der Waals surface area contributed by atoms with Gasteiger partial charge in [0, 0.05) is 18.5 Å². The van der Waals surface area contributed by atoms with E-state index in [2.05, 4.69) is 31.2 Å². The van der Waals surface area contributed by atoms with Crippen molar-refractivity contribution in [3.63, 3.8) is 0 Å². The van der Waals surface area contributed by atoms with Gasteiger partial charge in [0.15, 0.2) is 5.82 Å². The van der Waals surface area contributed by atoms with E-state index in [9.17, 15) is 5.11 Å². The summed E-state index contributed by atoms with van der Waals surface area (Å²) < 4.78 is 0.958. The molecule has 1 saturated carbocycles. The van der Waals surface area contributed by atoms with Gasteiger partial charge in [0.25, 0.3) is 0 Å². The number of nitrogens with zero attached hydrogens (tertiary/aromatic N) is 2. The molecule has 1 aliphatic carbocycles. The lowest BCUT2D eigenvalue weighted by Gasteiger charge is -2.10. The zero-order valence-corrected chi connectivity index (χ0v) is 12.1. The fourth-order valence-corrected chi connectivity index (χ4v) is 2.70. The number of phenols is 1. The molecule has 2 aromatic rings. The Morgan fingerprint density at radius 1 is 1.21 bits per heavy atom. The lowest BCUT2D eigenvalue weighted by Crippen LogP contribution is -2.02. The van der Waals surface area contributed by atoms with Crippen LogP contribution in [-0.4, -0.2) is 22.1 Å². The SMILES string of the molecule is CNc1nc(-c2ccc(O)cc2)nc(C2CC2)c1Br. The topological polar surface area (TPSA) is 58.0 Å². The maximum atomic E-state index is 9.34. The second-order valence-corrected chi connectivity index (χ2v) is 5.46. The van der Waals surface area contributed by atoms with Crippen molar-refractivity contribution in [3.05, 3.63) is 34.4 Å². The van der Waals surface area contributed by atoms with E-state index in [1.165, 1.54) is 12.8 Å². The van der Waals surface area contributed by atoms with Gasteiger partial charge >= 0.3 is 0 Å². The van der Waals surface area contributed by atoms with Crippen molar-refractivity contribution in [2.45, 2.75) is 18.8 Å². The van der Waals surface area contributed by atoms with E-state index >= 15 is 0 Å². The number of hydrogen-bond acceptors (Lipinski definition) is 4. The Labute approximate surface area is 120 Å². The molecule has 0 unspecified atom stereocenters. The van der Waals surface area contributed by atoms with E-state index in [4.69, 9.17) is 0 Å². The van der Waals surface area contributed by atoms with Gasteiger partial charge in [-0.2, -0.15) is 0 Å². The molecular formula is C14H14BrN3O. The summed E-state index contributed by atoms with van der Waals surface area (Å²) in [6, 6.07) is 6.95. The van der Waals surface area contributed by atoms with Gasteiger partial charge < -0.3 is 10.4 Å². The smallest absolute Gasteiger partial charge is 0.161 e. The predicted octanol–water partition coefficient (Wildman–Crippen LogP) is 3.53. The molecule has 0 atom stereocenters. The number of rotatable bonds is 3. The Hall–Kier alpha value is -1.62. The van der Waals surface area contributed by atoms with Crippen molar-refractivity contribution in [2.75, 3.05) is 12.4 Å². The van der Waals surface area contributed by atoms with Crippen LogP contribution in [0.3, 0.4) is 0 Å². The number of phenolic OH excluding ortho intramolecular Hbond substituents is 1. The van der Waals surface area contributed by atoms with Gasteiger partial charge in [0.1, 0.15) is 11.6 Å². The Balaban J connectivity index is 2.10. The molecule has 1 aromatic heterocycles. The van der Waals surface area contributed by atoms with Crippen LogP contribution < -0.4 is 5.32 Å². The molecular weight excluding hydrogens is 306 g/mol. The number of benzene rings is 1. The predicted molar refractivity (Wildman–Crippen MR) is 78.4 cm³/mol. The third-order valence-corrected chi connectivity index (χ3v) is 3.99. The van der Waals surface area contributed by atoms with Gasteiger partial charge in [-0.15, -0.1) is 0 Å². The third kappa shape index (κ3) is 2.42. The molecule has 1 heterocycles. The summed E-state index contributed by atoms with van der Waals surface area (Å²) in [6.45, 7) is 0. The van der Waals surface area contributed by atoms with Gasteiger partial charge in [0.05, 0.1) is 10.2 Å². The fraction of sp³-hybridized carbons (Fsp3) is 0.286. The molecule has 0 spiro atoms. The van der Waals surface area contributed by atoms with E-state index in [0.29, 0.717) is 11.7 Å². The van der Waals surface area contributed by atoms with Gasteiger partial charge in [-0.3, -0.25) is 0 Å². The normalized spacial score (nSPS) is 14.4. The second kappa shape index (κ2) is 4.81. The number of aromatic nitrogens is 2. The first-order valence-electron chi connectivity index (χ1n) is 6.23. The van der Waals surface area contributed by atoms with Crippen molar-refractivity contribution in [1.82, 2.24) is 9.97 Å². The Morgan fingerprint density at radius 2 is 1.89 bits per heavy atom. The van der Waals surface area contributed by atoms with E-state index in [1.54, 1.807) is 12.1 Å². The number of nitrogens with one attached hydrogen (secondary N) is 1. The highest BCUT2D eigenvalue weighted by Crippen LogP contribution is 2.44. The molecule has 0 aliphatic heterocycles. The largest absolute Gasteiger partial charge is 0.508 e. The van der Waals surface area contributed by atoms with Gasteiger partial charge in [0.2, 0.25) is 0 Å². The quantitative estimate of drug-likeness (QED) is 0.908. The Bertz CT molecular complexity index is 609. The van der Waals surface area contributed by atoms with Gasteiger partial charge in [-0.05, 0) is 53.0 Å². The summed E-state index contributed by atoms with van der Waals surface area (Å²) in [7, 11) is 1.85. The summed E-state index contributed by atoms with van der Waals surface area (Å²) in [5, 5.41) is 12.4. The van der Waals surface area contributed by atoms with Crippen LogP contribution >= 0.6 is 15.9 Å². The monoisotopic (exact) mass is 319 g/mol. The Morgan fingerprint density at radius 3 is 2.47 bits per heavy atom. The maximum Gasteiger partial charge on any atom is 0.161 e. The van der Waals surface area contributed by atoms with Gasteiger partial charge in [-0.1, -0.05) is 0 Å². The van der Waals surface area contributed by atoms with E-state index in [1.807, 2.05) is 19.2 Å². The molecule has 2 N–H and O–H groups in total. The number of anilines is 1. The molecule has 0 radical (unpaired) electrons. The second-order valence-electron chi connectivity index (χ2n) is 4.67. The minimum Gasteiger partial charge on any atom is -0.508 e. The van der Waals surface area contributed by atoms with Gasteiger partial charge in [-0.25, -0.2) is 9.97 Å². The van der Waals surface area contributed by atoms with Crippen molar-refractivity contribution >= 4 is 21.7 Å². The first-order chi connectivity index (χ1) is 9.19. The minimum atomic E-state index is 0.247. The average molecular weight is 320 g/mol. The third-order valence-electron chi connectivity index (χ3n) is 3.20. The van der Waals surface area contributed by atoms with Crippen molar-refractivity contribution in [1.29, 1.82) is 0 Å². The number of hydrogen-bond donors (Lipinski definition) is 2. The summed E-state index contributed by atoms with van der Waals surface area (Å²) >= 11 is 3.57. The first kappa shape index (κ1) is 12.4. The van der Waals surface area contributed by atoms with Crippen LogP contribution in [0, 0.1) is 0 Å². The number of aromatic hydroxyl groups is 1. The van der Waals surface area contributed by atoms with E-state index in [-0.39, 0.29) is 5.75 Å². The molecule has 1 fully saturated rings. The molecule has 0 amide bonds. The molecule has 3 rings (SSSR count). The average Bonchev–Trinajstić information content (AvgIpc) is 3.24. The van der Waals surface area contributed by atoms with Crippen LogP contribution in [0.25, 0.3) is 11.4 Å². The van der Waals surface area contributed by atoms with E-state index < -0.39 is 0 Å². The molecule has 5 heteroatoms. The van der Waals surface area contributed by atoms with Crippen LogP contribution in [-0.2, 0) is 0 Å². The molecule has 4 nitrogen and oxygen atoms in total. The zero-order chi connectivity index (χ0) is 13.4. The Kier molecular flexibility index (Phi) is 3.14. The van der Waals surface area contributed by atoms with Crippen LogP contribution in [0.4, 0.5) is 5.82 Å². The highest BCUT2D eigenvalue weighted by Gasteiger charge is 2.29. The highest BCUT2D eigenvalue weighted by atomic mass is 79.9. The molecule has 19 heavy (non-hydrogen) atoms. The van der Waals surface area contributed by atoms with Crippen molar-refractivity contribution < 1.29 is 5.11 Å². The van der Waals surface area contributed by atoms with Crippen molar-refractivity contribution in [3.8, 4) is 17.1 Å². The van der Waals surface area contributed by atoms with Crippen LogP contribution in [0.15, 0.2) is 28.7 Å².